The van der Waals surface area contributed by atoms with Crippen LogP contribution in [0.4, 0.5) is 0 Å². The molecule has 0 amide bonds. The fourth-order valence-corrected chi connectivity index (χ4v) is 32.9. The molecule has 0 saturated heterocycles. The summed E-state index contributed by atoms with van der Waals surface area (Å²) in [5.41, 5.74) is 0. The minimum atomic E-state index is -2.11. The van der Waals surface area contributed by atoms with Gasteiger partial charge in [0.25, 0.3) is 0 Å². The van der Waals surface area contributed by atoms with Gasteiger partial charge in [-0.1, -0.05) is 0 Å². The number of hydrogen-bond donors (Lipinski definition) is 0. The van der Waals surface area contributed by atoms with Gasteiger partial charge in [0.2, 0.25) is 0 Å². The van der Waals surface area contributed by atoms with E-state index in [-0.39, 0.29) is 0 Å². The fraction of sp³-hybridized carbons (Fsp3) is 0. The summed E-state index contributed by atoms with van der Waals surface area (Å²) in [5.74, 6) is 0. The predicted molar refractivity (Wildman–Crippen MR) is 132 cm³/mol. The first-order chi connectivity index (χ1) is 13.8. The summed E-state index contributed by atoms with van der Waals surface area (Å²) in [6.07, 6.45) is 0. The van der Waals surface area contributed by atoms with Gasteiger partial charge in [-0.3, -0.25) is 0 Å². The second-order valence-electron chi connectivity index (χ2n) is 6.27. The van der Waals surface area contributed by atoms with Crippen LogP contribution in [-0.4, -0.2) is 18.8 Å². The van der Waals surface area contributed by atoms with E-state index in [1.165, 1.54) is 17.6 Å². The third-order valence-electron chi connectivity index (χ3n) is 4.37. The van der Waals surface area contributed by atoms with Gasteiger partial charge < -0.3 is 0 Å². The molecule has 0 atom stereocenters. The molecule has 0 unspecified atom stereocenters. The standard InChI is InChI=1S/C12H11PS2.2C6H5.Sb/c14-13(15,11-7-3-1-4-8-11)12-9-5-2-6-10-12;2*1-2-4-6-5-3-1;/h1-10H,(H,14,15);2*1-5H;/q;;;+1/p-1. The normalized spacial score (nSPS) is 11.5. The van der Waals surface area contributed by atoms with E-state index in [1.807, 2.05) is 0 Å². The first kappa shape index (κ1) is 20.0. The van der Waals surface area contributed by atoms with Crippen LogP contribution in [0.2, 0.25) is 0 Å². The molecule has 4 aromatic rings. The van der Waals surface area contributed by atoms with Crippen LogP contribution in [0.15, 0.2) is 121 Å². The number of rotatable bonds is 6. The first-order valence-electron chi connectivity index (χ1n) is 9.08. The minimum absolute atomic E-state index is 1.29. The van der Waals surface area contributed by atoms with Crippen molar-refractivity contribution in [3.05, 3.63) is 121 Å². The quantitative estimate of drug-likeness (QED) is 0.267. The van der Waals surface area contributed by atoms with E-state index in [2.05, 4.69) is 130 Å². The van der Waals surface area contributed by atoms with Crippen LogP contribution in [-0.2, 0) is 11.8 Å². The molecule has 0 aromatic heterocycles. The van der Waals surface area contributed by atoms with Crippen LogP contribution in [0.3, 0.4) is 0 Å². The van der Waals surface area contributed by atoms with Crippen LogP contribution in [0.25, 0.3) is 0 Å². The summed E-state index contributed by atoms with van der Waals surface area (Å²) in [5, 5.41) is 0.608. The van der Waals surface area contributed by atoms with Crippen molar-refractivity contribution in [1.82, 2.24) is 0 Å². The molecule has 0 spiro atoms. The zero-order valence-electron chi connectivity index (χ0n) is 15.3. The van der Waals surface area contributed by atoms with Gasteiger partial charge in [-0.25, -0.2) is 0 Å². The van der Waals surface area contributed by atoms with Gasteiger partial charge in [-0.15, -0.1) is 0 Å². The topological polar surface area (TPSA) is 0 Å². The molecular weight excluding hydrogens is 505 g/mol. The van der Waals surface area contributed by atoms with Crippen molar-refractivity contribution in [2.24, 2.45) is 0 Å². The van der Waals surface area contributed by atoms with E-state index in [0.29, 0.717) is 0 Å². The Bertz CT molecular complexity index is 972. The second-order valence-corrected chi connectivity index (χ2v) is 24.3. The van der Waals surface area contributed by atoms with Gasteiger partial charge in [0, 0.05) is 0 Å². The SMILES string of the molecule is S=P([S][Sb]([c]1ccccc1)[c]1ccccc1)(c1ccccc1)c1ccccc1. The van der Waals surface area contributed by atoms with Crippen LogP contribution in [0, 0.1) is 0 Å². The van der Waals surface area contributed by atoms with Crippen molar-refractivity contribution in [2.75, 3.05) is 0 Å². The molecule has 138 valence electrons. The summed E-state index contributed by atoms with van der Waals surface area (Å²) >= 11 is 4.42. The average molecular weight is 525 g/mol. The molecule has 0 aliphatic heterocycles. The molecule has 4 heteroatoms. The van der Waals surface area contributed by atoms with Crippen LogP contribution in [0.5, 0.6) is 0 Å². The van der Waals surface area contributed by atoms with E-state index in [0.717, 1.165) is 0 Å². The Balaban J connectivity index is 1.85. The Morgan fingerprint density at radius 3 is 1.18 bits per heavy atom. The van der Waals surface area contributed by atoms with Crippen LogP contribution >= 0.6 is 13.7 Å². The average Bonchev–Trinajstić information content (AvgIpc) is 2.80. The monoisotopic (exact) mass is 524 g/mol. The van der Waals surface area contributed by atoms with Crippen molar-refractivity contribution < 1.29 is 0 Å². The first-order valence-corrected chi connectivity index (χ1v) is 18.9. The third-order valence-corrected chi connectivity index (χ3v) is 31.8. The predicted octanol–water partition coefficient (Wildman–Crippen LogP) is 4.57. The summed E-state index contributed by atoms with van der Waals surface area (Å²) in [7, 11) is 2.11. The molecule has 0 saturated carbocycles. The fourth-order valence-electron chi connectivity index (χ4n) is 2.98. The van der Waals surface area contributed by atoms with Crippen molar-refractivity contribution in [2.45, 2.75) is 0 Å². The van der Waals surface area contributed by atoms with E-state index >= 15 is 0 Å². The maximum atomic E-state index is 6.53. The van der Waals surface area contributed by atoms with Crippen LogP contribution < -0.4 is 17.6 Å². The molecule has 4 aromatic carbocycles. The van der Waals surface area contributed by atoms with Crippen molar-refractivity contribution in [3.8, 4) is 0 Å². The van der Waals surface area contributed by atoms with Gasteiger partial charge in [-0.2, -0.15) is 0 Å². The van der Waals surface area contributed by atoms with Crippen LogP contribution in [0.1, 0.15) is 0 Å². The number of benzene rings is 4. The third kappa shape index (κ3) is 4.47. The molecule has 4 rings (SSSR count). The molecular formula is C24H20PS2Sb. The number of hydrogen-bond acceptors (Lipinski definition) is 2. The molecule has 0 aliphatic carbocycles. The Hall–Kier alpha value is -1.30. The van der Waals surface area contributed by atoms with E-state index < -0.39 is 24.0 Å². The molecule has 0 bridgehead atoms. The zero-order valence-corrected chi connectivity index (χ0v) is 20.3. The summed E-state index contributed by atoms with van der Waals surface area (Å²) in [6, 6.07) is 43.5. The maximum absolute atomic E-state index is 6.53. The molecule has 0 N–H and O–H groups in total. The summed E-state index contributed by atoms with van der Waals surface area (Å²) in [6.45, 7) is 0. The van der Waals surface area contributed by atoms with Gasteiger partial charge in [-0.05, 0) is 0 Å². The summed E-state index contributed by atoms with van der Waals surface area (Å²) in [4.78, 5) is 0. The molecule has 28 heavy (non-hydrogen) atoms. The Labute approximate surface area is 182 Å². The van der Waals surface area contributed by atoms with Crippen molar-refractivity contribution in [1.29, 1.82) is 0 Å². The van der Waals surface area contributed by atoms with Gasteiger partial charge >= 0.3 is 183 Å². The van der Waals surface area contributed by atoms with Gasteiger partial charge in [0.15, 0.2) is 0 Å². The van der Waals surface area contributed by atoms with Gasteiger partial charge in [0.1, 0.15) is 0 Å². The van der Waals surface area contributed by atoms with E-state index in [9.17, 15) is 0 Å². The Kier molecular flexibility index (Phi) is 6.76. The molecule has 0 fully saturated rings. The zero-order chi connectivity index (χ0) is 19.2. The van der Waals surface area contributed by atoms with E-state index in [4.69, 9.17) is 11.8 Å². The second kappa shape index (κ2) is 9.46. The molecule has 0 aliphatic rings. The van der Waals surface area contributed by atoms with Gasteiger partial charge in [0.05, 0.1) is 0 Å². The molecule has 0 radical (unpaired) electrons. The molecule has 0 nitrogen and oxygen atoms in total. The van der Waals surface area contributed by atoms with Crippen molar-refractivity contribution in [3.63, 3.8) is 0 Å². The summed E-state index contributed by atoms with van der Waals surface area (Å²) < 4.78 is 2.95. The van der Waals surface area contributed by atoms with Crippen molar-refractivity contribution >= 4 is 62.0 Å². The molecule has 0 heterocycles. The Morgan fingerprint density at radius 1 is 0.500 bits per heavy atom. The Morgan fingerprint density at radius 2 is 0.821 bits per heavy atom. The van der Waals surface area contributed by atoms with E-state index in [1.54, 1.807) is 0 Å².